The number of nitrogens with zero attached hydrogens (tertiary/aromatic N) is 2. The van der Waals surface area contributed by atoms with Gasteiger partial charge in [0, 0.05) is 6.04 Å². The lowest BCUT2D eigenvalue weighted by atomic mass is 9.95. The third kappa shape index (κ3) is 4.14. The van der Waals surface area contributed by atoms with E-state index in [0.29, 0.717) is 35.9 Å². The molecule has 27 heavy (non-hydrogen) atoms. The van der Waals surface area contributed by atoms with Crippen LogP contribution in [0.2, 0.25) is 0 Å². The largest absolute Gasteiger partial charge is 0.486 e. The van der Waals surface area contributed by atoms with E-state index in [1.165, 1.54) is 19.3 Å². The van der Waals surface area contributed by atoms with E-state index < -0.39 is 0 Å². The molecule has 0 unspecified atom stereocenters. The Morgan fingerprint density at radius 3 is 2.67 bits per heavy atom. The van der Waals surface area contributed by atoms with Crippen molar-refractivity contribution in [2.24, 2.45) is 0 Å². The van der Waals surface area contributed by atoms with Crippen molar-refractivity contribution in [3.8, 4) is 23.5 Å². The lowest BCUT2D eigenvalue weighted by Gasteiger charge is -2.22. The third-order valence-electron chi connectivity index (χ3n) is 4.67. The van der Waals surface area contributed by atoms with Crippen LogP contribution in [0, 0.1) is 11.3 Å². The lowest BCUT2D eigenvalue weighted by molar-refractivity contribution is 0.271. The zero-order valence-corrected chi connectivity index (χ0v) is 15.0. The van der Waals surface area contributed by atoms with E-state index in [1.54, 1.807) is 6.07 Å². The summed E-state index contributed by atoms with van der Waals surface area (Å²) in [6.45, 7) is 0.309. The van der Waals surface area contributed by atoms with Gasteiger partial charge in [-0.05, 0) is 37.1 Å². The molecule has 0 aliphatic heterocycles. The molecule has 138 valence electrons. The van der Waals surface area contributed by atoms with Gasteiger partial charge in [-0.25, -0.2) is 0 Å². The van der Waals surface area contributed by atoms with Gasteiger partial charge < -0.3 is 18.9 Å². The number of hydrogen-bond donors (Lipinski definition) is 1. The Balaban J connectivity index is 1.45. The Morgan fingerprint density at radius 2 is 1.89 bits per heavy atom. The van der Waals surface area contributed by atoms with Crippen LogP contribution >= 0.6 is 0 Å². The number of oxazole rings is 1. The average molecular weight is 363 g/mol. The van der Waals surface area contributed by atoms with Gasteiger partial charge in [0.2, 0.25) is 11.6 Å². The Morgan fingerprint density at radius 1 is 1.07 bits per heavy atom. The summed E-state index contributed by atoms with van der Waals surface area (Å²) in [7, 11) is 0. The SMILES string of the molecule is N#Cc1nc(-c2ccc(COc3ccccc3)o2)oc1NC1CCCCC1. The highest BCUT2D eigenvalue weighted by molar-refractivity contribution is 5.55. The number of nitriles is 1. The fraction of sp³-hybridized carbons (Fsp3) is 0.333. The first-order chi connectivity index (χ1) is 13.3. The van der Waals surface area contributed by atoms with Crippen LogP contribution in [0.5, 0.6) is 5.75 Å². The van der Waals surface area contributed by atoms with Gasteiger partial charge in [0.25, 0.3) is 5.89 Å². The molecular formula is C21H21N3O3. The molecular weight excluding hydrogens is 342 g/mol. The van der Waals surface area contributed by atoms with E-state index in [4.69, 9.17) is 13.6 Å². The molecule has 4 rings (SSSR count). The molecule has 1 fully saturated rings. The third-order valence-corrected chi connectivity index (χ3v) is 4.67. The highest BCUT2D eigenvalue weighted by Gasteiger charge is 2.21. The highest BCUT2D eigenvalue weighted by Crippen LogP contribution is 2.29. The quantitative estimate of drug-likeness (QED) is 0.653. The van der Waals surface area contributed by atoms with Crippen molar-refractivity contribution in [2.45, 2.75) is 44.8 Å². The summed E-state index contributed by atoms with van der Waals surface area (Å²) in [6, 6.07) is 15.6. The van der Waals surface area contributed by atoms with Crippen LogP contribution in [-0.4, -0.2) is 11.0 Å². The second-order valence-corrected chi connectivity index (χ2v) is 6.66. The van der Waals surface area contributed by atoms with E-state index in [0.717, 1.165) is 18.6 Å². The second-order valence-electron chi connectivity index (χ2n) is 6.66. The molecule has 0 saturated heterocycles. The highest BCUT2D eigenvalue weighted by atomic mass is 16.5. The Hall–Kier alpha value is -3.20. The van der Waals surface area contributed by atoms with Crippen LogP contribution in [0.15, 0.2) is 51.3 Å². The number of aromatic nitrogens is 1. The zero-order valence-electron chi connectivity index (χ0n) is 15.0. The lowest BCUT2D eigenvalue weighted by Crippen LogP contribution is -2.22. The first-order valence-corrected chi connectivity index (χ1v) is 9.26. The van der Waals surface area contributed by atoms with Gasteiger partial charge in [-0.2, -0.15) is 10.2 Å². The van der Waals surface area contributed by atoms with Crippen LogP contribution < -0.4 is 10.1 Å². The van der Waals surface area contributed by atoms with Gasteiger partial charge in [-0.3, -0.25) is 0 Å². The normalized spacial score (nSPS) is 14.6. The fourth-order valence-electron chi connectivity index (χ4n) is 3.27. The smallest absolute Gasteiger partial charge is 0.266 e. The second kappa shape index (κ2) is 8.00. The number of benzene rings is 1. The van der Waals surface area contributed by atoms with Crippen molar-refractivity contribution in [3.63, 3.8) is 0 Å². The van der Waals surface area contributed by atoms with Crippen LogP contribution in [0.3, 0.4) is 0 Å². The molecule has 1 aliphatic rings. The molecule has 2 heterocycles. The molecule has 0 radical (unpaired) electrons. The average Bonchev–Trinajstić information content (AvgIpc) is 3.35. The van der Waals surface area contributed by atoms with Gasteiger partial charge in [0.1, 0.15) is 24.2 Å². The molecule has 0 atom stereocenters. The molecule has 1 aromatic carbocycles. The number of nitrogens with one attached hydrogen (secondary N) is 1. The van der Waals surface area contributed by atoms with Crippen LogP contribution in [0.25, 0.3) is 11.7 Å². The van der Waals surface area contributed by atoms with Gasteiger partial charge >= 0.3 is 0 Å². The minimum absolute atomic E-state index is 0.258. The number of hydrogen-bond acceptors (Lipinski definition) is 6. The zero-order chi connectivity index (χ0) is 18.5. The van der Waals surface area contributed by atoms with Crippen LogP contribution in [0.1, 0.15) is 43.6 Å². The molecule has 2 aromatic heterocycles. The van der Waals surface area contributed by atoms with Crippen molar-refractivity contribution in [2.75, 3.05) is 5.32 Å². The summed E-state index contributed by atoms with van der Waals surface area (Å²) in [5, 5.41) is 12.7. The first-order valence-electron chi connectivity index (χ1n) is 9.26. The minimum atomic E-state index is 0.258. The standard InChI is InChI=1S/C21H21N3O3/c22-13-18-20(23-15-7-3-1-4-8-15)27-21(24-18)19-12-11-17(26-19)14-25-16-9-5-2-6-10-16/h2,5-6,9-12,15,23H,1,3-4,7-8,14H2. The molecule has 1 N–H and O–H groups in total. The maximum atomic E-state index is 9.36. The van der Waals surface area contributed by atoms with Gasteiger partial charge in [-0.1, -0.05) is 37.5 Å². The van der Waals surface area contributed by atoms with E-state index in [1.807, 2.05) is 36.4 Å². The summed E-state index contributed by atoms with van der Waals surface area (Å²) in [5.74, 6) is 2.65. The first kappa shape index (κ1) is 17.2. The van der Waals surface area contributed by atoms with Crippen LogP contribution in [0.4, 0.5) is 5.88 Å². The Kier molecular flexibility index (Phi) is 5.10. The van der Waals surface area contributed by atoms with Gasteiger partial charge in [-0.15, -0.1) is 0 Å². The number of ether oxygens (including phenoxy) is 1. The molecule has 6 nitrogen and oxygen atoms in total. The van der Waals surface area contributed by atoms with E-state index in [9.17, 15) is 5.26 Å². The Labute approximate surface area is 157 Å². The number of para-hydroxylation sites is 1. The topological polar surface area (TPSA) is 84.2 Å². The molecule has 1 saturated carbocycles. The maximum absolute atomic E-state index is 9.36. The number of rotatable bonds is 6. The molecule has 6 heteroatoms. The van der Waals surface area contributed by atoms with Crippen molar-refractivity contribution in [1.82, 2.24) is 4.98 Å². The maximum Gasteiger partial charge on any atom is 0.266 e. The monoisotopic (exact) mass is 363 g/mol. The molecule has 3 aromatic rings. The van der Waals surface area contributed by atoms with Crippen molar-refractivity contribution in [3.05, 3.63) is 53.9 Å². The van der Waals surface area contributed by atoms with Gasteiger partial charge in [0.05, 0.1) is 0 Å². The van der Waals surface area contributed by atoms with E-state index >= 15 is 0 Å². The van der Waals surface area contributed by atoms with Crippen molar-refractivity contribution < 1.29 is 13.6 Å². The summed E-state index contributed by atoms with van der Waals surface area (Å²) < 4.78 is 17.2. The van der Waals surface area contributed by atoms with Crippen molar-refractivity contribution in [1.29, 1.82) is 5.26 Å². The summed E-state index contributed by atoms with van der Waals surface area (Å²) in [5.41, 5.74) is 0.258. The van der Waals surface area contributed by atoms with E-state index in [2.05, 4.69) is 16.4 Å². The fourth-order valence-corrected chi connectivity index (χ4v) is 3.27. The molecule has 0 spiro atoms. The molecule has 0 bridgehead atoms. The summed E-state index contributed by atoms with van der Waals surface area (Å²) in [6.07, 6.45) is 5.84. The van der Waals surface area contributed by atoms with Crippen molar-refractivity contribution >= 4 is 5.88 Å². The number of anilines is 1. The van der Waals surface area contributed by atoms with Crippen LogP contribution in [-0.2, 0) is 6.61 Å². The minimum Gasteiger partial charge on any atom is -0.486 e. The van der Waals surface area contributed by atoms with E-state index in [-0.39, 0.29) is 5.69 Å². The molecule has 0 amide bonds. The summed E-state index contributed by atoms with van der Waals surface area (Å²) in [4.78, 5) is 4.27. The Bertz CT molecular complexity index is 918. The predicted octanol–water partition coefficient (Wildman–Crippen LogP) is 5.13. The van der Waals surface area contributed by atoms with Gasteiger partial charge in [0.15, 0.2) is 5.76 Å². The predicted molar refractivity (Wildman–Crippen MR) is 100 cm³/mol. The number of furan rings is 1. The summed E-state index contributed by atoms with van der Waals surface area (Å²) >= 11 is 0. The molecule has 1 aliphatic carbocycles.